The highest BCUT2D eigenvalue weighted by molar-refractivity contribution is 7.80. The minimum absolute atomic E-state index is 0.139. The molecule has 14 heavy (non-hydrogen) atoms. The van der Waals surface area contributed by atoms with Crippen LogP contribution in [0.1, 0.15) is 26.2 Å². The molecule has 6 heteroatoms. The van der Waals surface area contributed by atoms with Gasteiger partial charge in [0, 0.05) is 6.54 Å². The maximum absolute atomic E-state index is 10.3. The van der Waals surface area contributed by atoms with Gasteiger partial charge in [-0.3, -0.25) is 10.2 Å². The summed E-state index contributed by atoms with van der Waals surface area (Å²) in [7, 11) is 0. The molecule has 0 saturated carbocycles. The fourth-order valence-electron chi connectivity index (χ4n) is 0.771. The topological polar surface area (TPSA) is 76.4 Å². The quantitative estimate of drug-likeness (QED) is 0.321. The first-order chi connectivity index (χ1) is 6.66. The molecule has 0 saturated heterocycles. The van der Waals surface area contributed by atoms with E-state index in [1.165, 1.54) is 12.8 Å². The van der Waals surface area contributed by atoms with E-state index in [9.17, 15) is 4.79 Å². The number of nitrogens with one attached hydrogen (secondary N) is 2. The molecule has 4 N–H and O–H groups in total. The van der Waals surface area contributed by atoms with Gasteiger partial charge in [-0.25, -0.2) is 5.43 Å². The van der Waals surface area contributed by atoms with Gasteiger partial charge in [-0.15, -0.1) is 0 Å². The van der Waals surface area contributed by atoms with E-state index >= 15 is 0 Å². The molecular weight excluding hydrogens is 202 g/mol. The number of rotatable bonds is 7. The van der Waals surface area contributed by atoms with Crippen LogP contribution >= 0.6 is 12.2 Å². The fraction of sp³-hybridized carbons (Fsp3) is 0.750. The lowest BCUT2D eigenvalue weighted by Gasteiger charge is -2.08. The predicted molar refractivity (Wildman–Crippen MR) is 58.4 cm³/mol. The first-order valence-corrected chi connectivity index (χ1v) is 5.01. The average molecular weight is 219 g/mol. The molecule has 0 fully saturated rings. The lowest BCUT2D eigenvalue weighted by Crippen LogP contribution is -2.39. The molecule has 0 aliphatic carbocycles. The Hall–Kier alpha value is -0.880. The molecule has 0 atom stereocenters. The number of hydrogen-bond donors (Lipinski definition) is 3. The summed E-state index contributed by atoms with van der Waals surface area (Å²) >= 11 is 4.75. The Labute approximate surface area is 89.3 Å². The number of amides is 1. The van der Waals surface area contributed by atoms with Gasteiger partial charge in [0.1, 0.15) is 0 Å². The van der Waals surface area contributed by atoms with Gasteiger partial charge in [0.15, 0.2) is 6.61 Å². The molecule has 0 bridgehead atoms. The Morgan fingerprint density at radius 2 is 2.21 bits per heavy atom. The first-order valence-electron chi connectivity index (χ1n) is 4.60. The molecule has 0 unspecified atom stereocenters. The normalized spacial score (nSPS) is 9.50. The summed E-state index contributed by atoms with van der Waals surface area (Å²) in [4.78, 5) is 10.3. The number of carbonyl (C=O) groups is 1. The van der Waals surface area contributed by atoms with Gasteiger partial charge in [0.05, 0.1) is 0 Å². The summed E-state index contributed by atoms with van der Waals surface area (Å²) in [6, 6.07) is 0. The maximum Gasteiger partial charge on any atom is 0.271 e. The van der Waals surface area contributed by atoms with Crippen LogP contribution in [0.15, 0.2) is 0 Å². The summed E-state index contributed by atoms with van der Waals surface area (Å²) < 4.78 is 4.79. The van der Waals surface area contributed by atoms with Crippen LogP contribution in [0.2, 0.25) is 0 Å². The minimum Gasteiger partial charge on any atom is -0.460 e. The molecule has 5 nitrogen and oxygen atoms in total. The van der Waals surface area contributed by atoms with Crippen molar-refractivity contribution in [3.05, 3.63) is 0 Å². The van der Waals surface area contributed by atoms with E-state index in [1.807, 2.05) is 0 Å². The molecule has 82 valence electrons. The van der Waals surface area contributed by atoms with Crippen molar-refractivity contribution < 1.29 is 9.53 Å². The van der Waals surface area contributed by atoms with Gasteiger partial charge in [-0.1, -0.05) is 19.8 Å². The van der Waals surface area contributed by atoms with Crippen LogP contribution in [0.3, 0.4) is 0 Å². The standard InChI is InChI=1S/C8H17N3O2S/c1-2-3-4-5-10-11-8(14)13-6-7(9)12/h10H,2-6H2,1H3,(H2,9,12)(H,11,14). The van der Waals surface area contributed by atoms with E-state index in [0.29, 0.717) is 0 Å². The Balaban J connectivity index is 3.22. The Kier molecular flexibility index (Phi) is 8.16. The highest BCUT2D eigenvalue weighted by Crippen LogP contribution is 1.90. The van der Waals surface area contributed by atoms with Gasteiger partial charge in [-0.05, 0) is 18.6 Å². The van der Waals surface area contributed by atoms with Crippen LogP contribution < -0.4 is 16.6 Å². The largest absolute Gasteiger partial charge is 0.460 e. The van der Waals surface area contributed by atoms with Crippen molar-refractivity contribution in [3.63, 3.8) is 0 Å². The minimum atomic E-state index is -0.542. The number of hydrogen-bond acceptors (Lipinski definition) is 4. The second kappa shape index (κ2) is 8.71. The van der Waals surface area contributed by atoms with Crippen LogP contribution in [0, 0.1) is 0 Å². The van der Waals surface area contributed by atoms with Crippen molar-refractivity contribution in [2.45, 2.75) is 26.2 Å². The number of hydrazine groups is 1. The molecule has 0 aliphatic heterocycles. The molecular formula is C8H17N3O2S. The summed E-state index contributed by atoms with van der Waals surface area (Å²) in [6.07, 6.45) is 3.41. The van der Waals surface area contributed by atoms with E-state index in [-0.39, 0.29) is 11.8 Å². The number of thiocarbonyl (C=S) groups is 1. The third kappa shape index (κ3) is 9.21. The van der Waals surface area contributed by atoms with E-state index in [2.05, 4.69) is 17.8 Å². The molecule has 0 spiro atoms. The van der Waals surface area contributed by atoms with Crippen LogP contribution in [-0.4, -0.2) is 24.2 Å². The van der Waals surface area contributed by atoms with Crippen LogP contribution in [0.25, 0.3) is 0 Å². The second-order valence-electron chi connectivity index (χ2n) is 2.80. The number of unbranched alkanes of at least 4 members (excludes halogenated alkanes) is 2. The van der Waals surface area contributed by atoms with Crippen LogP contribution in [0.5, 0.6) is 0 Å². The zero-order chi connectivity index (χ0) is 10.8. The third-order valence-corrected chi connectivity index (χ3v) is 1.66. The lowest BCUT2D eigenvalue weighted by molar-refractivity contribution is -0.120. The molecule has 0 rings (SSSR count). The Bertz CT molecular complexity index is 187. The van der Waals surface area contributed by atoms with Crippen molar-refractivity contribution in [2.75, 3.05) is 13.2 Å². The molecule has 0 aromatic heterocycles. The van der Waals surface area contributed by atoms with Crippen LogP contribution in [-0.2, 0) is 9.53 Å². The van der Waals surface area contributed by atoms with Crippen molar-refractivity contribution in [3.8, 4) is 0 Å². The molecule has 0 radical (unpaired) electrons. The molecule has 1 amide bonds. The fourth-order valence-corrected chi connectivity index (χ4v) is 0.902. The van der Waals surface area contributed by atoms with Gasteiger partial charge in [-0.2, -0.15) is 0 Å². The molecule has 0 aromatic carbocycles. The number of carbonyl (C=O) groups excluding carboxylic acids is 1. The summed E-state index contributed by atoms with van der Waals surface area (Å²) in [6.45, 7) is 2.75. The van der Waals surface area contributed by atoms with E-state index in [1.54, 1.807) is 0 Å². The predicted octanol–water partition coefficient (Wildman–Crippen LogP) is 0.0576. The van der Waals surface area contributed by atoms with Gasteiger partial charge in [0.25, 0.3) is 11.1 Å². The third-order valence-electron chi connectivity index (χ3n) is 1.44. The average Bonchev–Trinajstić information content (AvgIpc) is 2.14. The lowest BCUT2D eigenvalue weighted by atomic mass is 10.3. The smallest absolute Gasteiger partial charge is 0.271 e. The number of primary amides is 1. The molecule has 0 heterocycles. The van der Waals surface area contributed by atoms with Crippen molar-refractivity contribution in [2.24, 2.45) is 5.73 Å². The number of ether oxygens (including phenoxy) is 1. The van der Waals surface area contributed by atoms with Crippen molar-refractivity contribution in [1.29, 1.82) is 0 Å². The molecule has 0 aromatic rings. The van der Waals surface area contributed by atoms with Crippen LogP contribution in [0.4, 0.5) is 0 Å². The highest BCUT2D eigenvalue weighted by Gasteiger charge is 1.98. The zero-order valence-electron chi connectivity index (χ0n) is 8.34. The van der Waals surface area contributed by atoms with Gasteiger partial charge in [0.2, 0.25) is 0 Å². The monoisotopic (exact) mass is 219 g/mol. The molecule has 0 aliphatic rings. The summed E-state index contributed by atoms with van der Waals surface area (Å²) in [5.74, 6) is -0.542. The van der Waals surface area contributed by atoms with E-state index < -0.39 is 5.91 Å². The Morgan fingerprint density at radius 3 is 2.79 bits per heavy atom. The Morgan fingerprint density at radius 1 is 1.50 bits per heavy atom. The maximum atomic E-state index is 10.3. The first kappa shape index (κ1) is 13.1. The van der Waals surface area contributed by atoms with Crippen molar-refractivity contribution >= 4 is 23.3 Å². The van der Waals surface area contributed by atoms with Crippen molar-refractivity contribution in [1.82, 2.24) is 10.9 Å². The SMILES string of the molecule is CCCCCNNC(=S)OCC(N)=O. The van der Waals surface area contributed by atoms with Gasteiger partial charge >= 0.3 is 0 Å². The second-order valence-corrected chi connectivity index (χ2v) is 3.17. The zero-order valence-corrected chi connectivity index (χ0v) is 9.15. The number of nitrogens with two attached hydrogens (primary N) is 1. The van der Waals surface area contributed by atoms with E-state index in [4.69, 9.17) is 22.7 Å². The summed E-state index contributed by atoms with van der Waals surface area (Å²) in [5.41, 5.74) is 10.4. The summed E-state index contributed by atoms with van der Waals surface area (Å²) in [5, 5.41) is 0.139. The highest BCUT2D eigenvalue weighted by atomic mass is 32.1. The van der Waals surface area contributed by atoms with E-state index in [0.717, 1.165) is 13.0 Å². The van der Waals surface area contributed by atoms with Gasteiger partial charge < -0.3 is 10.5 Å².